The van der Waals surface area contributed by atoms with Crippen LogP contribution in [0.5, 0.6) is 0 Å². The van der Waals surface area contributed by atoms with Crippen molar-refractivity contribution in [1.82, 2.24) is 9.13 Å². The lowest BCUT2D eigenvalue weighted by molar-refractivity contribution is 0.549. The number of hydrogen-bond donors (Lipinski definition) is 0. The van der Waals surface area contributed by atoms with Gasteiger partial charge in [-0.25, -0.2) is 0 Å². The minimum Gasteiger partial charge on any atom is -0.309 e. The number of benzene rings is 14. The monoisotopic (exact) mass is 1360 g/mol. The van der Waals surface area contributed by atoms with Crippen LogP contribution < -0.4 is 0 Å². The molecular formula is C104H80N2. The van der Waals surface area contributed by atoms with Gasteiger partial charge in [-0.2, -0.15) is 0 Å². The van der Waals surface area contributed by atoms with E-state index in [4.69, 9.17) is 0 Å². The van der Waals surface area contributed by atoms with E-state index < -0.39 is 0 Å². The highest BCUT2D eigenvalue weighted by Gasteiger charge is 2.47. The van der Waals surface area contributed by atoms with Crippen molar-refractivity contribution in [3.05, 3.63) is 358 Å². The molecule has 0 saturated heterocycles. The normalized spacial score (nSPS) is 16.2. The van der Waals surface area contributed by atoms with Crippen molar-refractivity contribution in [3.8, 4) is 89.3 Å². The van der Waals surface area contributed by atoms with Crippen molar-refractivity contribution < 1.29 is 0 Å². The van der Waals surface area contributed by atoms with E-state index in [9.17, 15) is 0 Å². The molecule has 2 fully saturated rings. The lowest BCUT2D eigenvalue weighted by Crippen LogP contribution is -2.21. The maximum Gasteiger partial charge on any atom is 0.0541 e. The summed E-state index contributed by atoms with van der Waals surface area (Å²) >= 11 is 0. The molecule has 106 heavy (non-hydrogen) atoms. The smallest absolute Gasteiger partial charge is 0.0541 e. The highest BCUT2D eigenvalue weighted by Crippen LogP contribution is 2.61. The Bertz CT molecular complexity index is 6100. The van der Waals surface area contributed by atoms with Gasteiger partial charge in [-0.3, -0.25) is 0 Å². The molecule has 0 aliphatic heterocycles. The predicted octanol–water partition coefficient (Wildman–Crippen LogP) is 27.5. The van der Waals surface area contributed by atoms with Crippen molar-refractivity contribution in [3.63, 3.8) is 0 Å². The van der Waals surface area contributed by atoms with Crippen molar-refractivity contribution in [2.75, 3.05) is 0 Å². The van der Waals surface area contributed by atoms with Crippen LogP contribution in [0.4, 0.5) is 0 Å². The molecule has 0 radical (unpaired) electrons. The number of aromatic nitrogens is 2. The van der Waals surface area contributed by atoms with Gasteiger partial charge in [-0.15, -0.1) is 0 Å². The van der Waals surface area contributed by atoms with Gasteiger partial charge in [0.2, 0.25) is 0 Å². The van der Waals surface area contributed by atoms with Gasteiger partial charge in [0, 0.05) is 54.6 Å². The Morgan fingerprint density at radius 1 is 0.226 bits per heavy atom. The molecule has 2 nitrogen and oxygen atoms in total. The molecule has 2 heteroatoms. The second-order valence-electron chi connectivity index (χ2n) is 32.6. The number of hydrogen-bond acceptors (Lipinski definition) is 0. The van der Waals surface area contributed by atoms with Gasteiger partial charge in [0.25, 0.3) is 0 Å². The molecule has 6 aliphatic rings. The Kier molecular flexibility index (Phi) is 13.3. The topological polar surface area (TPSA) is 9.86 Å². The van der Waals surface area contributed by atoms with E-state index in [2.05, 4.69) is 352 Å². The third kappa shape index (κ3) is 8.97. The molecule has 16 aromatic rings. The van der Waals surface area contributed by atoms with E-state index in [1.807, 2.05) is 0 Å². The Hall–Kier alpha value is -11.8. The summed E-state index contributed by atoms with van der Waals surface area (Å²) in [5.41, 5.74) is 42.6. The molecule has 0 amide bonds. The van der Waals surface area contributed by atoms with Crippen LogP contribution in [0.2, 0.25) is 0 Å². The Morgan fingerprint density at radius 3 is 0.962 bits per heavy atom. The van der Waals surface area contributed by atoms with Gasteiger partial charge in [0.05, 0.1) is 22.1 Å². The van der Waals surface area contributed by atoms with Gasteiger partial charge < -0.3 is 9.13 Å². The molecule has 6 aliphatic carbocycles. The Balaban J connectivity index is 0.505. The number of nitrogens with zero attached hydrogens (tertiary/aromatic N) is 2. The molecule has 0 unspecified atom stereocenters. The summed E-state index contributed by atoms with van der Waals surface area (Å²) in [4.78, 5) is 0. The first-order chi connectivity index (χ1) is 52.0. The maximum absolute atomic E-state index is 2.61. The van der Waals surface area contributed by atoms with Crippen molar-refractivity contribution in [1.29, 1.82) is 0 Å². The molecule has 2 saturated carbocycles. The van der Waals surface area contributed by atoms with Crippen molar-refractivity contribution in [2.24, 2.45) is 0 Å². The van der Waals surface area contributed by atoms with Gasteiger partial charge in [-0.05, 0) is 243 Å². The minimum atomic E-state index is -0.0662. The van der Waals surface area contributed by atoms with Crippen LogP contribution >= 0.6 is 0 Å². The van der Waals surface area contributed by atoms with E-state index in [1.165, 1.54) is 251 Å². The lowest BCUT2D eigenvalue weighted by atomic mass is 9.75. The molecule has 2 spiro atoms. The number of rotatable bonds is 9. The zero-order valence-electron chi connectivity index (χ0n) is 60.6. The maximum atomic E-state index is 2.61. The standard InChI is InChI=1S/C104H80N2/c1-101(2)89-21-9-5-17-77(89)79-49-43-75(63-91(79)101)105-97-23-11-7-19-85(97)87-59-71(41-51-99(87)105)69-35-29-65(30-36-69)25-27-67-33-45-81-83-47-39-73(61-95(83)103(93(81)57-67)53-13-14-54-103)74-40-48-84-82-46-34-68(58-94(82)104(96(84)62-74)55-15-16-56-104)28-26-66-31-37-70(38-32-66)72-42-52-100-88(60-72)86-20-8-12-24-98(86)106(100)76-44-50-80-78-18-6-10-22-90(78)102(3,4)92(80)64-76/h5-12,17-52,57-64H,13-16,53-56H2,1-4H3/b27-25+,28-26+. The summed E-state index contributed by atoms with van der Waals surface area (Å²) in [5, 5.41) is 5.09. The van der Waals surface area contributed by atoms with E-state index >= 15 is 0 Å². The summed E-state index contributed by atoms with van der Waals surface area (Å²) < 4.78 is 4.93. The van der Waals surface area contributed by atoms with E-state index in [1.54, 1.807) is 0 Å². The van der Waals surface area contributed by atoms with Gasteiger partial charge >= 0.3 is 0 Å². The first-order valence-electron chi connectivity index (χ1n) is 38.7. The molecular weight excluding hydrogens is 1280 g/mol. The first kappa shape index (κ1) is 61.6. The first-order valence-corrected chi connectivity index (χ1v) is 38.7. The van der Waals surface area contributed by atoms with Gasteiger partial charge in [0.1, 0.15) is 0 Å². The minimum absolute atomic E-state index is 0.0331. The van der Waals surface area contributed by atoms with Crippen LogP contribution in [0.15, 0.2) is 291 Å². The van der Waals surface area contributed by atoms with Crippen molar-refractivity contribution in [2.45, 2.75) is 101 Å². The molecule has 14 aromatic carbocycles. The van der Waals surface area contributed by atoms with Crippen LogP contribution in [0, 0.1) is 0 Å². The Labute approximate surface area is 621 Å². The van der Waals surface area contributed by atoms with Crippen LogP contribution in [0.25, 0.3) is 157 Å². The summed E-state index contributed by atoms with van der Waals surface area (Å²) in [6, 6.07) is 112. The van der Waals surface area contributed by atoms with Gasteiger partial charge in [0.15, 0.2) is 0 Å². The average Bonchev–Trinajstić information content (AvgIpc) is 1.52. The summed E-state index contributed by atoms with van der Waals surface area (Å²) in [7, 11) is 0. The summed E-state index contributed by atoms with van der Waals surface area (Å²) in [6.45, 7) is 9.47. The summed E-state index contributed by atoms with van der Waals surface area (Å²) in [5.74, 6) is 0. The molecule has 22 rings (SSSR count). The highest BCUT2D eigenvalue weighted by molar-refractivity contribution is 6.12. The van der Waals surface area contributed by atoms with Crippen molar-refractivity contribution >= 4 is 67.9 Å². The molecule has 506 valence electrons. The fraction of sp³-hybridized carbons (Fsp3) is 0.154. The largest absolute Gasteiger partial charge is 0.309 e. The predicted molar refractivity (Wildman–Crippen MR) is 447 cm³/mol. The number of para-hydroxylation sites is 2. The zero-order chi connectivity index (χ0) is 70.4. The molecule has 0 bridgehead atoms. The van der Waals surface area contributed by atoms with E-state index in [0.29, 0.717) is 0 Å². The number of fused-ring (bicyclic) bond motifs is 22. The average molecular weight is 1360 g/mol. The van der Waals surface area contributed by atoms with Crippen LogP contribution in [-0.2, 0) is 21.7 Å². The molecule has 0 atom stereocenters. The third-order valence-electron chi connectivity index (χ3n) is 26.4. The van der Waals surface area contributed by atoms with Crippen LogP contribution in [0.1, 0.15) is 146 Å². The molecule has 0 N–H and O–H groups in total. The van der Waals surface area contributed by atoms with Crippen LogP contribution in [-0.4, -0.2) is 9.13 Å². The summed E-state index contributed by atoms with van der Waals surface area (Å²) in [6.07, 6.45) is 19.1. The van der Waals surface area contributed by atoms with E-state index in [0.717, 1.165) is 0 Å². The lowest BCUT2D eigenvalue weighted by Gasteiger charge is -2.28. The second-order valence-corrected chi connectivity index (χ2v) is 32.6. The molecule has 2 aromatic heterocycles. The fourth-order valence-electron chi connectivity index (χ4n) is 21.1. The SMILES string of the molecule is CC1(C)c2ccccc2-c2ccc(-n3c4ccccc4c4cc(-c5ccc(/C=C/c6ccc7c(c6)C6(CCCC6)c6cc(-c8ccc9c(c8)C8(CCCC8)c8cc(/C=C/c%10ccc(-c%11ccc%12c(c%11)c%11ccccc%11n%12-c%11ccc%12c(c%11)C(C)(C)c%11ccccc%11-%12)cc%10)ccc8-9)ccc6-7)cc5)ccc43)cc21. The van der Waals surface area contributed by atoms with E-state index in [-0.39, 0.29) is 21.7 Å². The zero-order valence-corrected chi connectivity index (χ0v) is 60.6. The highest BCUT2D eigenvalue weighted by atomic mass is 15.0. The Morgan fingerprint density at radius 2 is 0.528 bits per heavy atom. The molecule has 2 heterocycles. The second kappa shape index (κ2) is 22.8. The van der Waals surface area contributed by atoms with Crippen LogP contribution in [0.3, 0.4) is 0 Å². The quantitative estimate of drug-likeness (QED) is 0.128. The fourth-order valence-corrected chi connectivity index (χ4v) is 21.1. The third-order valence-corrected chi connectivity index (χ3v) is 26.4. The van der Waals surface area contributed by atoms with Gasteiger partial charge in [-0.1, -0.05) is 296 Å².